The predicted octanol–water partition coefficient (Wildman–Crippen LogP) is 1.94. The van der Waals surface area contributed by atoms with Crippen molar-refractivity contribution in [1.82, 2.24) is 10.2 Å². The summed E-state index contributed by atoms with van der Waals surface area (Å²) in [6.07, 6.45) is 3.92. The molecule has 1 spiro atoms. The summed E-state index contributed by atoms with van der Waals surface area (Å²) in [5.74, 6) is 0.681. The van der Waals surface area contributed by atoms with Gasteiger partial charge in [-0.1, -0.05) is 26.7 Å². The molecule has 0 aromatic heterocycles. The Morgan fingerprint density at radius 2 is 1.89 bits per heavy atom. The van der Waals surface area contributed by atoms with Crippen molar-refractivity contribution in [3.63, 3.8) is 0 Å². The number of likely N-dealkylation sites (tertiary alicyclic amines) is 1. The highest BCUT2D eigenvalue weighted by Crippen LogP contribution is 2.52. The van der Waals surface area contributed by atoms with E-state index in [2.05, 4.69) is 19.2 Å². The molecule has 0 radical (unpaired) electrons. The minimum atomic E-state index is -0.370. The third-order valence-electron chi connectivity index (χ3n) is 4.45. The van der Waals surface area contributed by atoms with Crippen molar-refractivity contribution in [3.8, 4) is 0 Å². The molecule has 2 fully saturated rings. The van der Waals surface area contributed by atoms with Crippen LogP contribution in [-0.2, 0) is 9.59 Å². The van der Waals surface area contributed by atoms with Gasteiger partial charge < -0.3 is 10.2 Å². The second-order valence-electron chi connectivity index (χ2n) is 6.71. The van der Waals surface area contributed by atoms with E-state index < -0.39 is 0 Å². The Kier molecular flexibility index (Phi) is 3.88. The Labute approximate surface area is 115 Å². The number of rotatable bonds is 4. The summed E-state index contributed by atoms with van der Waals surface area (Å²) in [6, 6.07) is -0.130. The van der Waals surface area contributed by atoms with E-state index in [4.69, 9.17) is 0 Å². The summed E-state index contributed by atoms with van der Waals surface area (Å²) in [4.78, 5) is 26.7. The molecule has 1 N–H and O–H groups in total. The van der Waals surface area contributed by atoms with Gasteiger partial charge in [-0.15, -0.1) is 0 Å². The number of nitrogens with zero attached hydrogens (tertiary/aromatic N) is 1. The fourth-order valence-electron chi connectivity index (χ4n) is 3.50. The van der Waals surface area contributed by atoms with Crippen LogP contribution in [0.5, 0.6) is 0 Å². The van der Waals surface area contributed by atoms with E-state index in [1.807, 2.05) is 13.8 Å². The van der Waals surface area contributed by atoms with Gasteiger partial charge in [-0.3, -0.25) is 9.59 Å². The molecule has 1 heterocycles. The highest BCUT2D eigenvalue weighted by Gasteiger charge is 2.64. The van der Waals surface area contributed by atoms with E-state index >= 15 is 0 Å². The van der Waals surface area contributed by atoms with Crippen LogP contribution in [-0.4, -0.2) is 35.3 Å². The summed E-state index contributed by atoms with van der Waals surface area (Å²) in [6.45, 7) is 8.83. The number of nitrogens with one attached hydrogen (secondary N) is 1. The molecule has 0 bridgehead atoms. The molecule has 4 nitrogen and oxygen atoms in total. The fourth-order valence-corrected chi connectivity index (χ4v) is 3.50. The van der Waals surface area contributed by atoms with Crippen LogP contribution in [0.1, 0.15) is 53.4 Å². The molecule has 4 heteroatoms. The van der Waals surface area contributed by atoms with Crippen LogP contribution < -0.4 is 5.32 Å². The van der Waals surface area contributed by atoms with Gasteiger partial charge in [0.25, 0.3) is 0 Å². The molecule has 2 amide bonds. The standard InChI is InChI=1S/C15H26N2O2/c1-10(2)9-16-13(18)12-15(7-5-6-8-15)14(19)17(12)11(3)4/h10-12H,5-9H2,1-4H3,(H,16,18). The Hall–Kier alpha value is -1.06. The lowest BCUT2D eigenvalue weighted by Gasteiger charge is -2.55. The first kappa shape index (κ1) is 14.4. The van der Waals surface area contributed by atoms with Gasteiger partial charge in [-0.2, -0.15) is 0 Å². The van der Waals surface area contributed by atoms with Crippen LogP contribution in [0, 0.1) is 11.3 Å². The highest BCUT2D eigenvalue weighted by atomic mass is 16.2. The minimum absolute atomic E-state index is 0.0453. The maximum absolute atomic E-state index is 12.4. The van der Waals surface area contributed by atoms with Gasteiger partial charge >= 0.3 is 0 Å². The molecule has 108 valence electrons. The number of carbonyl (C=O) groups excluding carboxylic acids is 2. The third kappa shape index (κ3) is 2.26. The molecular weight excluding hydrogens is 240 g/mol. The van der Waals surface area contributed by atoms with E-state index in [0.717, 1.165) is 25.7 Å². The van der Waals surface area contributed by atoms with E-state index in [9.17, 15) is 9.59 Å². The average molecular weight is 266 g/mol. The van der Waals surface area contributed by atoms with Crippen molar-refractivity contribution >= 4 is 11.8 Å². The maximum Gasteiger partial charge on any atom is 0.243 e. The van der Waals surface area contributed by atoms with Gasteiger partial charge in [0.2, 0.25) is 11.8 Å². The van der Waals surface area contributed by atoms with Crippen LogP contribution in [0.2, 0.25) is 0 Å². The normalized spacial score (nSPS) is 25.3. The molecule has 0 aromatic carbocycles. The van der Waals surface area contributed by atoms with Crippen LogP contribution >= 0.6 is 0 Å². The van der Waals surface area contributed by atoms with E-state index in [1.165, 1.54) is 0 Å². The molecule has 2 aliphatic rings. The average Bonchev–Trinajstić information content (AvgIpc) is 2.83. The van der Waals surface area contributed by atoms with Crippen molar-refractivity contribution in [3.05, 3.63) is 0 Å². The number of carbonyl (C=O) groups is 2. The largest absolute Gasteiger partial charge is 0.354 e. The minimum Gasteiger partial charge on any atom is -0.354 e. The number of amides is 2. The summed E-state index contributed by atoms with van der Waals surface area (Å²) in [7, 11) is 0. The first-order valence-corrected chi connectivity index (χ1v) is 7.50. The van der Waals surface area contributed by atoms with Gasteiger partial charge in [-0.25, -0.2) is 0 Å². The molecule has 2 rings (SSSR count). The molecule has 1 saturated carbocycles. The Morgan fingerprint density at radius 1 is 1.32 bits per heavy atom. The highest BCUT2D eigenvalue weighted by molar-refractivity contribution is 6.02. The fraction of sp³-hybridized carbons (Fsp3) is 0.867. The molecule has 1 aliphatic carbocycles. The van der Waals surface area contributed by atoms with Gasteiger partial charge in [-0.05, 0) is 32.6 Å². The summed E-state index contributed by atoms with van der Waals surface area (Å²) in [5.41, 5.74) is -0.370. The van der Waals surface area contributed by atoms with Crippen LogP contribution in [0.3, 0.4) is 0 Å². The van der Waals surface area contributed by atoms with Crippen molar-refractivity contribution in [2.75, 3.05) is 6.54 Å². The van der Waals surface area contributed by atoms with Crippen LogP contribution in [0.15, 0.2) is 0 Å². The van der Waals surface area contributed by atoms with Crippen molar-refractivity contribution in [1.29, 1.82) is 0 Å². The zero-order valence-corrected chi connectivity index (χ0v) is 12.5. The van der Waals surface area contributed by atoms with Crippen LogP contribution in [0.25, 0.3) is 0 Å². The number of hydrogen-bond donors (Lipinski definition) is 1. The van der Waals surface area contributed by atoms with Crippen molar-refractivity contribution in [2.24, 2.45) is 11.3 Å². The zero-order valence-electron chi connectivity index (χ0n) is 12.5. The molecular formula is C15H26N2O2. The van der Waals surface area contributed by atoms with E-state index in [0.29, 0.717) is 12.5 Å². The first-order chi connectivity index (χ1) is 8.90. The quantitative estimate of drug-likeness (QED) is 0.791. The zero-order chi connectivity index (χ0) is 14.2. The van der Waals surface area contributed by atoms with Crippen molar-refractivity contribution < 1.29 is 9.59 Å². The monoisotopic (exact) mass is 266 g/mol. The first-order valence-electron chi connectivity index (χ1n) is 7.50. The molecule has 1 aliphatic heterocycles. The van der Waals surface area contributed by atoms with Gasteiger partial charge in [0, 0.05) is 12.6 Å². The Bertz CT molecular complexity index is 370. The molecule has 1 atom stereocenters. The van der Waals surface area contributed by atoms with Crippen molar-refractivity contribution in [2.45, 2.75) is 65.5 Å². The lowest BCUT2D eigenvalue weighted by atomic mass is 9.68. The number of hydrogen-bond acceptors (Lipinski definition) is 2. The Morgan fingerprint density at radius 3 is 2.37 bits per heavy atom. The number of β-lactam (4-membered cyclic amide) rings is 1. The van der Waals surface area contributed by atoms with Gasteiger partial charge in [0.15, 0.2) is 0 Å². The molecule has 1 unspecified atom stereocenters. The van der Waals surface area contributed by atoms with Gasteiger partial charge in [0.1, 0.15) is 6.04 Å². The molecule has 19 heavy (non-hydrogen) atoms. The predicted molar refractivity (Wildman–Crippen MR) is 74.5 cm³/mol. The topological polar surface area (TPSA) is 49.4 Å². The summed E-state index contributed by atoms with van der Waals surface area (Å²) < 4.78 is 0. The lowest BCUT2D eigenvalue weighted by Crippen LogP contribution is -2.74. The smallest absolute Gasteiger partial charge is 0.243 e. The molecule has 1 saturated heterocycles. The maximum atomic E-state index is 12.4. The second kappa shape index (κ2) is 5.14. The summed E-state index contributed by atoms with van der Waals surface area (Å²) >= 11 is 0. The van der Waals surface area contributed by atoms with Gasteiger partial charge in [0.05, 0.1) is 5.41 Å². The van der Waals surface area contributed by atoms with E-state index in [1.54, 1.807) is 4.90 Å². The lowest BCUT2D eigenvalue weighted by molar-refractivity contribution is -0.181. The summed E-state index contributed by atoms with van der Waals surface area (Å²) in [5, 5.41) is 3.01. The second-order valence-corrected chi connectivity index (χ2v) is 6.71. The SMILES string of the molecule is CC(C)CNC(=O)C1N(C(C)C)C(=O)C12CCCC2. The Balaban J connectivity index is 2.13. The third-order valence-corrected chi connectivity index (χ3v) is 4.45. The van der Waals surface area contributed by atoms with E-state index in [-0.39, 0.29) is 29.3 Å². The molecule has 0 aromatic rings. The van der Waals surface area contributed by atoms with Crippen LogP contribution in [0.4, 0.5) is 0 Å².